The Morgan fingerprint density at radius 3 is 2.27 bits per heavy atom. The molecule has 1 heterocycles. The SMILES string of the molecule is CC(c1ccccc1)N(C)C(=O)c1ccc(=O)n(Cc2ccccc2)n1. The van der Waals surface area contributed by atoms with Crippen molar-refractivity contribution in [2.45, 2.75) is 19.5 Å². The molecule has 0 saturated heterocycles. The third-order valence-corrected chi connectivity index (χ3v) is 4.44. The van der Waals surface area contributed by atoms with Crippen LogP contribution in [0.5, 0.6) is 0 Å². The van der Waals surface area contributed by atoms with Crippen molar-refractivity contribution in [1.82, 2.24) is 14.7 Å². The van der Waals surface area contributed by atoms with Gasteiger partial charge in [-0.2, -0.15) is 5.10 Å². The van der Waals surface area contributed by atoms with Crippen LogP contribution in [-0.2, 0) is 6.54 Å². The zero-order valence-corrected chi connectivity index (χ0v) is 14.9. The average Bonchev–Trinajstić information content (AvgIpc) is 2.69. The second kappa shape index (κ2) is 7.78. The number of carbonyl (C=O) groups is 1. The molecule has 0 radical (unpaired) electrons. The van der Waals surface area contributed by atoms with Gasteiger partial charge in [-0.3, -0.25) is 9.59 Å². The van der Waals surface area contributed by atoms with Crippen molar-refractivity contribution in [1.29, 1.82) is 0 Å². The topological polar surface area (TPSA) is 55.2 Å². The molecule has 0 spiro atoms. The number of rotatable bonds is 5. The highest BCUT2D eigenvalue weighted by Gasteiger charge is 2.20. The lowest BCUT2D eigenvalue weighted by Crippen LogP contribution is -2.33. The fourth-order valence-electron chi connectivity index (χ4n) is 2.74. The predicted molar refractivity (Wildman–Crippen MR) is 101 cm³/mol. The molecule has 1 atom stereocenters. The van der Waals surface area contributed by atoms with Gasteiger partial charge in [0.05, 0.1) is 12.6 Å². The highest BCUT2D eigenvalue weighted by molar-refractivity contribution is 5.92. The molecular weight excluding hydrogens is 326 g/mol. The van der Waals surface area contributed by atoms with Gasteiger partial charge in [-0.15, -0.1) is 0 Å². The van der Waals surface area contributed by atoms with E-state index < -0.39 is 0 Å². The summed E-state index contributed by atoms with van der Waals surface area (Å²) in [5.74, 6) is -0.219. The molecule has 1 amide bonds. The average molecular weight is 347 g/mol. The van der Waals surface area contributed by atoms with Crippen LogP contribution in [0.4, 0.5) is 0 Å². The van der Waals surface area contributed by atoms with Crippen molar-refractivity contribution in [3.8, 4) is 0 Å². The smallest absolute Gasteiger partial charge is 0.274 e. The first kappa shape index (κ1) is 17.6. The number of nitrogens with zero attached hydrogens (tertiary/aromatic N) is 3. The minimum absolute atomic E-state index is 0.0972. The maximum Gasteiger partial charge on any atom is 0.274 e. The van der Waals surface area contributed by atoms with Crippen LogP contribution < -0.4 is 5.56 Å². The predicted octanol–water partition coefficient (Wildman–Crippen LogP) is 3.12. The summed E-state index contributed by atoms with van der Waals surface area (Å²) in [5, 5.41) is 4.28. The maximum absolute atomic E-state index is 12.8. The molecule has 132 valence electrons. The standard InChI is InChI=1S/C21H21N3O2/c1-16(18-11-7-4-8-12-18)23(2)21(26)19-13-14-20(25)24(22-19)15-17-9-5-3-6-10-17/h3-14,16H,15H2,1-2H3. The maximum atomic E-state index is 12.8. The van der Waals surface area contributed by atoms with Crippen LogP contribution in [0.2, 0.25) is 0 Å². The van der Waals surface area contributed by atoms with Crippen LogP contribution in [0, 0.1) is 0 Å². The molecule has 0 aliphatic heterocycles. The minimum Gasteiger partial charge on any atom is -0.334 e. The van der Waals surface area contributed by atoms with Gasteiger partial charge >= 0.3 is 0 Å². The van der Waals surface area contributed by atoms with E-state index in [2.05, 4.69) is 5.10 Å². The Balaban J connectivity index is 1.83. The molecule has 0 N–H and O–H groups in total. The highest BCUT2D eigenvalue weighted by Crippen LogP contribution is 2.19. The largest absolute Gasteiger partial charge is 0.334 e. The van der Waals surface area contributed by atoms with Crippen LogP contribution in [0.25, 0.3) is 0 Å². The van der Waals surface area contributed by atoms with E-state index in [1.165, 1.54) is 16.8 Å². The molecule has 5 heteroatoms. The van der Waals surface area contributed by atoms with Gasteiger partial charge in [-0.1, -0.05) is 60.7 Å². The first-order valence-electron chi connectivity index (χ1n) is 8.50. The Morgan fingerprint density at radius 1 is 1.00 bits per heavy atom. The summed E-state index contributed by atoms with van der Waals surface area (Å²) < 4.78 is 1.32. The quantitative estimate of drug-likeness (QED) is 0.712. The highest BCUT2D eigenvalue weighted by atomic mass is 16.2. The lowest BCUT2D eigenvalue weighted by molar-refractivity contribution is 0.0734. The van der Waals surface area contributed by atoms with E-state index in [0.29, 0.717) is 6.54 Å². The monoisotopic (exact) mass is 347 g/mol. The van der Waals surface area contributed by atoms with E-state index in [-0.39, 0.29) is 23.2 Å². The zero-order valence-electron chi connectivity index (χ0n) is 14.9. The van der Waals surface area contributed by atoms with Crippen LogP contribution >= 0.6 is 0 Å². The molecule has 0 bridgehead atoms. The summed E-state index contributed by atoms with van der Waals surface area (Å²) in [5.41, 5.74) is 2.02. The summed E-state index contributed by atoms with van der Waals surface area (Å²) in [6, 6.07) is 22.2. The van der Waals surface area contributed by atoms with Gasteiger partial charge in [0.1, 0.15) is 5.69 Å². The lowest BCUT2D eigenvalue weighted by atomic mass is 10.1. The van der Waals surface area contributed by atoms with Crippen molar-refractivity contribution in [3.63, 3.8) is 0 Å². The summed E-state index contributed by atoms with van der Waals surface area (Å²) in [7, 11) is 1.74. The molecule has 3 rings (SSSR count). The molecule has 5 nitrogen and oxygen atoms in total. The van der Waals surface area contributed by atoms with E-state index in [0.717, 1.165) is 11.1 Å². The van der Waals surface area contributed by atoms with Crippen molar-refractivity contribution in [2.24, 2.45) is 0 Å². The fourth-order valence-corrected chi connectivity index (χ4v) is 2.74. The molecule has 0 aliphatic carbocycles. The first-order valence-corrected chi connectivity index (χ1v) is 8.50. The Bertz CT molecular complexity index is 936. The summed E-state index contributed by atoms with van der Waals surface area (Å²) in [4.78, 5) is 26.6. The van der Waals surface area contributed by atoms with Gasteiger partial charge < -0.3 is 4.90 Å². The Hall–Kier alpha value is -3.21. The van der Waals surface area contributed by atoms with Gasteiger partial charge in [0.2, 0.25) is 0 Å². The van der Waals surface area contributed by atoms with Crippen LogP contribution in [0.1, 0.15) is 34.6 Å². The van der Waals surface area contributed by atoms with E-state index >= 15 is 0 Å². The van der Waals surface area contributed by atoms with Crippen molar-refractivity contribution in [3.05, 3.63) is 100.0 Å². The van der Waals surface area contributed by atoms with Crippen LogP contribution in [-0.4, -0.2) is 27.6 Å². The Kier molecular flexibility index (Phi) is 5.27. The van der Waals surface area contributed by atoms with Crippen molar-refractivity contribution in [2.75, 3.05) is 7.05 Å². The zero-order chi connectivity index (χ0) is 18.5. The molecular formula is C21H21N3O2. The summed E-state index contributed by atoms with van der Waals surface area (Å²) in [6.45, 7) is 2.30. The second-order valence-corrected chi connectivity index (χ2v) is 6.20. The van der Waals surface area contributed by atoms with Gasteiger partial charge in [0.25, 0.3) is 11.5 Å². The number of hydrogen-bond acceptors (Lipinski definition) is 3. The van der Waals surface area contributed by atoms with Gasteiger partial charge in [-0.05, 0) is 24.1 Å². The first-order chi connectivity index (χ1) is 12.6. The van der Waals surface area contributed by atoms with Crippen molar-refractivity contribution < 1.29 is 4.79 Å². The van der Waals surface area contributed by atoms with Crippen molar-refractivity contribution >= 4 is 5.91 Å². The number of hydrogen-bond donors (Lipinski definition) is 0. The van der Waals surface area contributed by atoms with Gasteiger partial charge in [0, 0.05) is 13.1 Å². The summed E-state index contributed by atoms with van der Waals surface area (Å²) >= 11 is 0. The van der Waals surface area contributed by atoms with E-state index in [1.807, 2.05) is 67.6 Å². The van der Waals surface area contributed by atoms with E-state index in [9.17, 15) is 9.59 Å². The van der Waals surface area contributed by atoms with E-state index in [1.54, 1.807) is 11.9 Å². The van der Waals surface area contributed by atoms with Gasteiger partial charge in [-0.25, -0.2) is 4.68 Å². The summed E-state index contributed by atoms with van der Waals surface area (Å²) in [6.07, 6.45) is 0. The molecule has 1 aromatic heterocycles. The van der Waals surface area contributed by atoms with E-state index in [4.69, 9.17) is 0 Å². The number of benzene rings is 2. The lowest BCUT2D eigenvalue weighted by Gasteiger charge is -2.25. The van der Waals surface area contributed by atoms with Crippen LogP contribution in [0.3, 0.4) is 0 Å². The third kappa shape index (κ3) is 3.88. The Morgan fingerprint density at radius 2 is 1.62 bits per heavy atom. The number of carbonyl (C=O) groups excluding carboxylic acids is 1. The fraction of sp³-hybridized carbons (Fsp3) is 0.190. The molecule has 0 fully saturated rings. The third-order valence-electron chi connectivity index (χ3n) is 4.44. The molecule has 26 heavy (non-hydrogen) atoms. The van der Waals surface area contributed by atoms with Crippen LogP contribution in [0.15, 0.2) is 77.6 Å². The number of aromatic nitrogens is 2. The molecule has 0 aliphatic rings. The molecule has 3 aromatic rings. The molecule has 1 unspecified atom stereocenters. The molecule has 0 saturated carbocycles. The minimum atomic E-state index is -0.232. The second-order valence-electron chi connectivity index (χ2n) is 6.20. The molecule has 2 aromatic carbocycles. The Labute approximate surface area is 152 Å². The normalized spacial score (nSPS) is 11.8. The number of amides is 1. The van der Waals surface area contributed by atoms with Gasteiger partial charge in [0.15, 0.2) is 0 Å².